The van der Waals surface area contributed by atoms with Crippen LogP contribution in [0.1, 0.15) is 22.3 Å². The van der Waals surface area contributed by atoms with E-state index in [1.807, 2.05) is 42.5 Å². The van der Waals surface area contributed by atoms with Crippen LogP contribution in [0.4, 0.5) is 11.4 Å². The third kappa shape index (κ3) is 3.87. The van der Waals surface area contributed by atoms with Gasteiger partial charge in [0.1, 0.15) is 16.4 Å². The molecule has 0 radical (unpaired) electrons. The summed E-state index contributed by atoms with van der Waals surface area (Å²) in [5.74, 6) is 1.15. The molecular weight excluding hydrogens is 446 g/mol. The third-order valence-corrected chi connectivity index (χ3v) is 6.88. The van der Waals surface area contributed by atoms with Crippen molar-refractivity contribution in [3.63, 3.8) is 0 Å². The Morgan fingerprint density at radius 1 is 0.824 bits per heavy atom. The molecular formula is C28H23NO4S. The molecule has 0 spiro atoms. The van der Waals surface area contributed by atoms with Crippen LogP contribution in [-0.4, -0.2) is 13.0 Å². The summed E-state index contributed by atoms with van der Waals surface area (Å²) in [6, 6.07) is 23.8. The number of anilines is 2. The first-order chi connectivity index (χ1) is 16.2. The quantitative estimate of drug-likeness (QED) is 0.360. The first kappa shape index (κ1) is 21.9. The van der Waals surface area contributed by atoms with Gasteiger partial charge in [0.15, 0.2) is 0 Å². The number of nitrogens with one attached hydrogen (secondary N) is 1. The highest BCUT2D eigenvalue weighted by molar-refractivity contribution is 7.86. The van der Waals surface area contributed by atoms with Crippen LogP contribution in [0.3, 0.4) is 0 Å². The van der Waals surface area contributed by atoms with Gasteiger partial charge < -0.3 is 10.1 Å². The van der Waals surface area contributed by atoms with E-state index in [1.54, 1.807) is 18.2 Å². The van der Waals surface area contributed by atoms with E-state index in [9.17, 15) is 13.0 Å². The summed E-state index contributed by atoms with van der Waals surface area (Å²) in [7, 11) is -4.44. The Morgan fingerprint density at radius 2 is 1.56 bits per heavy atom. The zero-order chi connectivity index (χ0) is 24.0. The van der Waals surface area contributed by atoms with Gasteiger partial charge in [-0.2, -0.15) is 8.42 Å². The first-order valence-corrected chi connectivity index (χ1v) is 12.2. The van der Waals surface area contributed by atoms with Crippen LogP contribution >= 0.6 is 0 Å². The molecule has 170 valence electrons. The van der Waals surface area contributed by atoms with Crippen molar-refractivity contribution in [1.29, 1.82) is 0 Å². The zero-order valence-electron chi connectivity index (χ0n) is 18.8. The van der Waals surface area contributed by atoms with E-state index in [-0.39, 0.29) is 4.90 Å². The lowest BCUT2D eigenvalue weighted by Gasteiger charge is -2.23. The van der Waals surface area contributed by atoms with Crippen molar-refractivity contribution in [1.82, 2.24) is 0 Å². The molecule has 0 fully saturated rings. The lowest BCUT2D eigenvalue weighted by Crippen LogP contribution is -2.20. The number of fused-ring (bicyclic) bond motifs is 2. The summed E-state index contributed by atoms with van der Waals surface area (Å²) >= 11 is 0. The van der Waals surface area contributed by atoms with Crippen LogP contribution in [0.2, 0.25) is 0 Å². The maximum absolute atomic E-state index is 12.2. The molecule has 4 aromatic carbocycles. The van der Waals surface area contributed by atoms with Crippen LogP contribution in [0.15, 0.2) is 83.8 Å². The standard InChI is InChI=1S/C28H23NO4S/c1-17-11-13-21-24(15-17)33-25-16-20(29-28-18(2)7-6-8-19(28)3)12-14-22(25)27(21)23-9-4-5-10-26(23)34(30,31)32/h4-16,29H,1H2,2-3H3,(H,30,31,32). The molecule has 0 amide bonds. The largest absolute Gasteiger partial charge is 0.456 e. The van der Waals surface area contributed by atoms with Crippen molar-refractivity contribution in [2.75, 3.05) is 5.32 Å². The topological polar surface area (TPSA) is 75.6 Å². The summed E-state index contributed by atoms with van der Waals surface area (Å²) in [5.41, 5.74) is 5.92. The molecule has 0 aliphatic carbocycles. The smallest absolute Gasteiger partial charge is 0.295 e. The van der Waals surface area contributed by atoms with E-state index in [1.165, 1.54) is 6.07 Å². The fourth-order valence-corrected chi connectivity index (χ4v) is 5.06. The average Bonchev–Trinajstić information content (AvgIpc) is 2.79. The second-order valence-corrected chi connectivity index (χ2v) is 9.77. The average molecular weight is 470 g/mol. The van der Waals surface area contributed by atoms with E-state index in [2.05, 4.69) is 37.9 Å². The van der Waals surface area contributed by atoms with Gasteiger partial charge in [-0.15, -0.1) is 0 Å². The molecule has 1 heterocycles. The molecule has 0 unspecified atom stereocenters. The fourth-order valence-electron chi connectivity index (χ4n) is 4.36. The molecule has 34 heavy (non-hydrogen) atoms. The monoisotopic (exact) mass is 469 g/mol. The Balaban J connectivity index is 1.74. The highest BCUT2D eigenvalue weighted by atomic mass is 32.2. The Bertz CT molecular complexity index is 1650. The molecule has 5 rings (SSSR count). The van der Waals surface area contributed by atoms with Crippen LogP contribution in [0.25, 0.3) is 12.2 Å². The van der Waals surface area contributed by atoms with E-state index in [0.29, 0.717) is 22.6 Å². The van der Waals surface area contributed by atoms with E-state index in [0.717, 1.165) is 38.5 Å². The minimum atomic E-state index is -4.44. The molecule has 5 nitrogen and oxygen atoms in total. The molecule has 1 aliphatic rings. The summed E-state index contributed by atoms with van der Waals surface area (Å²) in [4.78, 5) is -0.153. The van der Waals surface area contributed by atoms with Gasteiger partial charge in [0.05, 0.1) is 0 Å². The second kappa shape index (κ2) is 8.17. The first-order valence-electron chi connectivity index (χ1n) is 10.8. The number of para-hydroxylation sites is 1. The number of hydrogen-bond acceptors (Lipinski definition) is 4. The van der Waals surface area contributed by atoms with E-state index in [4.69, 9.17) is 4.74 Å². The van der Waals surface area contributed by atoms with Crippen molar-refractivity contribution in [3.05, 3.63) is 112 Å². The van der Waals surface area contributed by atoms with E-state index < -0.39 is 10.1 Å². The third-order valence-electron chi connectivity index (χ3n) is 5.97. The summed E-state index contributed by atoms with van der Waals surface area (Å²) in [6.45, 7) is 8.09. The Labute approximate surface area is 198 Å². The molecule has 0 aromatic heterocycles. The Hall–Kier alpha value is -3.87. The van der Waals surface area contributed by atoms with Gasteiger partial charge in [-0.1, -0.05) is 55.1 Å². The van der Waals surface area contributed by atoms with E-state index >= 15 is 0 Å². The number of benzene rings is 4. The van der Waals surface area contributed by atoms with Gasteiger partial charge in [0.25, 0.3) is 10.1 Å². The summed E-state index contributed by atoms with van der Waals surface area (Å²) in [6.07, 6.45) is 0. The predicted molar refractivity (Wildman–Crippen MR) is 135 cm³/mol. The van der Waals surface area contributed by atoms with Crippen LogP contribution < -0.4 is 20.5 Å². The molecule has 0 saturated heterocycles. The highest BCUT2D eigenvalue weighted by Gasteiger charge is 2.25. The minimum Gasteiger partial charge on any atom is -0.456 e. The molecule has 0 bridgehead atoms. The van der Waals surface area contributed by atoms with Crippen molar-refractivity contribution < 1.29 is 17.7 Å². The number of ether oxygens (including phenoxy) is 1. The highest BCUT2D eigenvalue weighted by Crippen LogP contribution is 2.40. The minimum absolute atomic E-state index is 0.153. The maximum atomic E-state index is 12.2. The van der Waals surface area contributed by atoms with Gasteiger partial charge in [0, 0.05) is 39.4 Å². The summed E-state index contributed by atoms with van der Waals surface area (Å²) in [5, 5.41) is 4.98. The number of hydrogen-bond donors (Lipinski definition) is 2. The van der Waals surface area contributed by atoms with Gasteiger partial charge in [-0.05, 0) is 54.5 Å². The lowest BCUT2D eigenvalue weighted by atomic mass is 9.92. The molecule has 0 atom stereocenters. The van der Waals surface area contributed by atoms with Crippen molar-refractivity contribution in [2.45, 2.75) is 18.7 Å². The van der Waals surface area contributed by atoms with Crippen molar-refractivity contribution in [3.8, 4) is 11.5 Å². The molecule has 2 N–H and O–H groups in total. The molecule has 0 saturated carbocycles. The summed E-state index contributed by atoms with van der Waals surface area (Å²) < 4.78 is 40.5. The Kier molecular flexibility index (Phi) is 5.27. The second-order valence-electron chi connectivity index (χ2n) is 8.38. The molecule has 1 aliphatic heterocycles. The van der Waals surface area contributed by atoms with Gasteiger partial charge in [0.2, 0.25) is 0 Å². The zero-order valence-corrected chi connectivity index (χ0v) is 19.6. The number of aryl methyl sites for hydroxylation is 2. The van der Waals surface area contributed by atoms with Gasteiger partial charge in [-0.25, -0.2) is 0 Å². The van der Waals surface area contributed by atoms with Crippen molar-refractivity contribution in [2.24, 2.45) is 0 Å². The predicted octanol–water partition coefficient (Wildman–Crippen LogP) is 5.06. The van der Waals surface area contributed by atoms with Crippen LogP contribution in [0, 0.1) is 13.8 Å². The van der Waals surface area contributed by atoms with Crippen molar-refractivity contribution >= 4 is 33.6 Å². The molecule has 4 aromatic rings. The Morgan fingerprint density at radius 3 is 2.29 bits per heavy atom. The SMILES string of the molecule is C=c1ccc2c(c1)Oc1cc(Nc3c(C)cccc3C)ccc1C=2c1ccccc1S(=O)(=O)O. The van der Waals surface area contributed by atoms with Gasteiger partial charge >= 0.3 is 0 Å². The van der Waals surface area contributed by atoms with Gasteiger partial charge in [-0.3, -0.25) is 4.55 Å². The maximum Gasteiger partial charge on any atom is 0.295 e. The fraction of sp³-hybridized carbons (Fsp3) is 0.0714. The van der Waals surface area contributed by atoms with Crippen LogP contribution in [-0.2, 0) is 10.1 Å². The van der Waals surface area contributed by atoms with Crippen LogP contribution in [0.5, 0.6) is 11.5 Å². The molecule has 6 heteroatoms. The number of rotatable bonds is 4. The lowest BCUT2D eigenvalue weighted by molar-refractivity contribution is 0.471. The normalized spacial score (nSPS) is 12.5.